The minimum absolute atomic E-state index is 0.414. The molecule has 0 N–H and O–H groups in total. The Hall–Kier alpha value is -1.38. The van der Waals surface area contributed by atoms with Gasteiger partial charge in [-0.3, -0.25) is 9.78 Å². The number of ketones is 1. The van der Waals surface area contributed by atoms with Crippen molar-refractivity contribution in [1.82, 2.24) is 4.98 Å². The van der Waals surface area contributed by atoms with Crippen LogP contribution in [-0.2, 0) is 11.2 Å². The number of hydrogen-bond donors (Lipinski definition) is 0. The van der Waals surface area contributed by atoms with Gasteiger partial charge in [0.25, 0.3) is 0 Å². The zero-order valence-electron chi connectivity index (χ0n) is 11.5. The summed E-state index contributed by atoms with van der Waals surface area (Å²) in [5, 5.41) is 0. The molecule has 0 aliphatic heterocycles. The number of aryl methyl sites for hydroxylation is 1. The van der Waals surface area contributed by atoms with Gasteiger partial charge in [-0.2, -0.15) is 0 Å². The topological polar surface area (TPSA) is 39.2 Å². The van der Waals surface area contributed by atoms with Crippen molar-refractivity contribution in [3.05, 3.63) is 23.0 Å². The standard InChI is InChI=1S/C15H21NO2/c1-10-9-16-14(11(2)15(10)18-3)8-12-4-6-13(17)7-5-12/h9,12H,4-8H2,1-3H3. The lowest BCUT2D eigenvalue weighted by Crippen LogP contribution is -2.17. The first-order chi connectivity index (χ1) is 8.61. The van der Waals surface area contributed by atoms with E-state index in [9.17, 15) is 4.79 Å². The molecule has 0 radical (unpaired) electrons. The van der Waals surface area contributed by atoms with Crippen LogP contribution in [0.15, 0.2) is 6.20 Å². The highest BCUT2D eigenvalue weighted by Gasteiger charge is 2.21. The van der Waals surface area contributed by atoms with E-state index in [4.69, 9.17) is 4.74 Å². The van der Waals surface area contributed by atoms with Gasteiger partial charge in [0.1, 0.15) is 11.5 Å². The molecule has 3 nitrogen and oxygen atoms in total. The summed E-state index contributed by atoms with van der Waals surface area (Å²) in [4.78, 5) is 15.8. The van der Waals surface area contributed by atoms with Crippen LogP contribution in [0.25, 0.3) is 0 Å². The largest absolute Gasteiger partial charge is 0.496 e. The number of pyridine rings is 1. The third-order valence-corrected chi connectivity index (χ3v) is 3.89. The molecule has 1 aliphatic carbocycles. The Bertz CT molecular complexity index is 444. The highest BCUT2D eigenvalue weighted by atomic mass is 16.5. The summed E-state index contributed by atoms with van der Waals surface area (Å²) in [6.45, 7) is 4.09. The van der Waals surface area contributed by atoms with Crippen molar-refractivity contribution in [1.29, 1.82) is 0 Å². The molecule has 0 unspecified atom stereocenters. The number of carbonyl (C=O) groups is 1. The summed E-state index contributed by atoms with van der Waals surface area (Å²) in [5.74, 6) is 1.96. The Kier molecular flexibility index (Phi) is 4.00. The average molecular weight is 247 g/mol. The van der Waals surface area contributed by atoms with E-state index in [0.717, 1.165) is 54.7 Å². The maximum absolute atomic E-state index is 11.2. The molecule has 0 amide bonds. The average Bonchev–Trinajstić information content (AvgIpc) is 2.36. The number of hydrogen-bond acceptors (Lipinski definition) is 3. The summed E-state index contributed by atoms with van der Waals surface area (Å²) >= 11 is 0. The van der Waals surface area contributed by atoms with E-state index in [1.165, 1.54) is 0 Å². The van der Waals surface area contributed by atoms with E-state index in [2.05, 4.69) is 11.9 Å². The Labute approximate surface area is 109 Å². The number of aromatic nitrogens is 1. The van der Waals surface area contributed by atoms with E-state index in [1.807, 2.05) is 13.1 Å². The molecular weight excluding hydrogens is 226 g/mol. The van der Waals surface area contributed by atoms with Crippen molar-refractivity contribution in [3.63, 3.8) is 0 Å². The van der Waals surface area contributed by atoms with Crippen molar-refractivity contribution in [2.45, 2.75) is 46.0 Å². The maximum atomic E-state index is 11.2. The lowest BCUT2D eigenvalue weighted by atomic mass is 9.84. The van der Waals surface area contributed by atoms with Gasteiger partial charge in [0.15, 0.2) is 0 Å². The van der Waals surface area contributed by atoms with Crippen LogP contribution in [0.2, 0.25) is 0 Å². The molecule has 1 heterocycles. The minimum Gasteiger partial charge on any atom is -0.496 e. The first-order valence-electron chi connectivity index (χ1n) is 6.62. The normalized spacial score (nSPS) is 16.9. The van der Waals surface area contributed by atoms with Crippen molar-refractivity contribution >= 4 is 5.78 Å². The molecule has 0 bridgehead atoms. The number of ether oxygens (including phenoxy) is 1. The van der Waals surface area contributed by atoms with Crippen molar-refractivity contribution in [3.8, 4) is 5.75 Å². The van der Waals surface area contributed by atoms with E-state index in [0.29, 0.717) is 11.7 Å². The molecule has 1 aliphatic rings. The van der Waals surface area contributed by atoms with Crippen LogP contribution in [0.3, 0.4) is 0 Å². The van der Waals surface area contributed by atoms with Gasteiger partial charge in [-0.1, -0.05) is 0 Å². The van der Waals surface area contributed by atoms with Gasteiger partial charge in [0, 0.05) is 35.9 Å². The monoisotopic (exact) mass is 247 g/mol. The zero-order chi connectivity index (χ0) is 13.1. The fraction of sp³-hybridized carbons (Fsp3) is 0.600. The Morgan fingerprint density at radius 3 is 2.61 bits per heavy atom. The first-order valence-corrected chi connectivity index (χ1v) is 6.62. The first kappa shape index (κ1) is 13.1. The summed E-state index contributed by atoms with van der Waals surface area (Å²) < 4.78 is 5.43. The van der Waals surface area contributed by atoms with Crippen LogP contribution in [0, 0.1) is 19.8 Å². The predicted molar refractivity (Wildman–Crippen MR) is 70.9 cm³/mol. The van der Waals surface area contributed by atoms with Crippen molar-refractivity contribution in [2.24, 2.45) is 5.92 Å². The molecule has 1 saturated carbocycles. The third-order valence-electron chi connectivity index (χ3n) is 3.89. The van der Waals surface area contributed by atoms with Gasteiger partial charge < -0.3 is 4.74 Å². The molecule has 3 heteroatoms. The molecular formula is C15H21NO2. The molecule has 0 atom stereocenters. The van der Waals surface area contributed by atoms with Crippen molar-refractivity contribution < 1.29 is 9.53 Å². The second kappa shape index (κ2) is 5.51. The highest BCUT2D eigenvalue weighted by Crippen LogP contribution is 2.29. The molecule has 2 rings (SSSR count). The van der Waals surface area contributed by atoms with Gasteiger partial charge in [-0.15, -0.1) is 0 Å². The van der Waals surface area contributed by atoms with Crippen LogP contribution >= 0.6 is 0 Å². The van der Waals surface area contributed by atoms with Gasteiger partial charge in [0.2, 0.25) is 0 Å². The Morgan fingerprint density at radius 1 is 1.33 bits per heavy atom. The minimum atomic E-state index is 0.414. The van der Waals surface area contributed by atoms with Crippen LogP contribution in [0.4, 0.5) is 0 Å². The quantitative estimate of drug-likeness (QED) is 0.824. The van der Waals surface area contributed by atoms with Gasteiger partial charge >= 0.3 is 0 Å². The Balaban J connectivity index is 2.12. The molecule has 0 aromatic carbocycles. The SMILES string of the molecule is COc1c(C)cnc(CC2CCC(=O)CC2)c1C. The molecule has 1 fully saturated rings. The summed E-state index contributed by atoms with van der Waals surface area (Å²) in [6.07, 6.45) is 6.36. The number of nitrogens with zero attached hydrogens (tertiary/aromatic N) is 1. The van der Waals surface area contributed by atoms with E-state index in [-0.39, 0.29) is 0 Å². The third kappa shape index (κ3) is 2.71. The lowest BCUT2D eigenvalue weighted by molar-refractivity contribution is -0.121. The summed E-state index contributed by atoms with van der Waals surface area (Å²) in [6, 6.07) is 0. The van der Waals surface area contributed by atoms with E-state index in [1.54, 1.807) is 7.11 Å². The van der Waals surface area contributed by atoms with Crippen molar-refractivity contribution in [2.75, 3.05) is 7.11 Å². The van der Waals surface area contributed by atoms with Crippen LogP contribution in [0.5, 0.6) is 5.75 Å². The van der Waals surface area contributed by atoms with Crippen LogP contribution in [0.1, 0.15) is 42.5 Å². The number of rotatable bonds is 3. The molecule has 98 valence electrons. The molecule has 1 aromatic heterocycles. The maximum Gasteiger partial charge on any atom is 0.132 e. The van der Waals surface area contributed by atoms with Gasteiger partial charge in [-0.05, 0) is 39.0 Å². The zero-order valence-corrected chi connectivity index (χ0v) is 11.5. The number of Topliss-reactive ketones (excluding diaryl/α,β-unsaturated/α-hetero) is 1. The summed E-state index contributed by atoms with van der Waals surface area (Å²) in [7, 11) is 1.71. The number of carbonyl (C=O) groups excluding carboxylic acids is 1. The lowest BCUT2D eigenvalue weighted by Gasteiger charge is -2.22. The second-order valence-electron chi connectivity index (χ2n) is 5.23. The van der Waals surface area contributed by atoms with Crippen LogP contribution < -0.4 is 4.74 Å². The van der Waals surface area contributed by atoms with Gasteiger partial charge in [-0.25, -0.2) is 0 Å². The van der Waals surface area contributed by atoms with E-state index >= 15 is 0 Å². The summed E-state index contributed by atoms with van der Waals surface area (Å²) in [5.41, 5.74) is 3.35. The highest BCUT2D eigenvalue weighted by molar-refractivity contribution is 5.79. The van der Waals surface area contributed by atoms with E-state index < -0.39 is 0 Å². The smallest absolute Gasteiger partial charge is 0.132 e. The molecule has 1 aromatic rings. The number of methoxy groups -OCH3 is 1. The molecule has 18 heavy (non-hydrogen) atoms. The molecule has 0 spiro atoms. The second-order valence-corrected chi connectivity index (χ2v) is 5.23. The fourth-order valence-corrected chi connectivity index (χ4v) is 2.75. The fourth-order valence-electron chi connectivity index (χ4n) is 2.75. The Morgan fingerprint density at radius 2 is 2.00 bits per heavy atom. The van der Waals surface area contributed by atoms with Crippen LogP contribution in [-0.4, -0.2) is 17.9 Å². The molecule has 0 saturated heterocycles. The van der Waals surface area contributed by atoms with Gasteiger partial charge in [0.05, 0.1) is 7.11 Å². The predicted octanol–water partition coefficient (Wildman–Crippen LogP) is 3.01.